The van der Waals surface area contributed by atoms with Crippen molar-refractivity contribution in [2.75, 3.05) is 0 Å². The highest BCUT2D eigenvalue weighted by Crippen LogP contribution is 2.25. The van der Waals surface area contributed by atoms with Gasteiger partial charge in [0, 0.05) is 0 Å². The van der Waals surface area contributed by atoms with Crippen LogP contribution in [0.1, 0.15) is 13.8 Å². The molecule has 13 heavy (non-hydrogen) atoms. The average Bonchev–Trinajstić information content (AvgIpc) is 1.81. The molecule has 1 unspecified atom stereocenters. The van der Waals surface area contributed by atoms with Gasteiger partial charge in [-0.2, -0.15) is 0 Å². The Kier molecular flexibility index (Phi) is 7.01. The topological polar surface area (TPSA) is 141 Å². The second-order valence-electron chi connectivity index (χ2n) is 2.62. The molecule has 0 saturated carbocycles. The Morgan fingerprint density at radius 3 is 1.54 bits per heavy atom. The van der Waals surface area contributed by atoms with Gasteiger partial charge in [-0.1, -0.05) is 13.8 Å². The van der Waals surface area contributed by atoms with Gasteiger partial charge in [-0.05, 0) is 5.92 Å². The minimum atomic E-state index is -4.64. The summed E-state index contributed by atoms with van der Waals surface area (Å²) in [6, 6.07) is -0.713. The van der Waals surface area contributed by atoms with Gasteiger partial charge in [-0.15, -0.1) is 0 Å². The summed E-state index contributed by atoms with van der Waals surface area (Å²) in [5.74, 6) is -0.910. The molecule has 0 aliphatic heterocycles. The Morgan fingerprint density at radius 2 is 1.54 bits per heavy atom. The van der Waals surface area contributed by atoms with Crippen molar-refractivity contribution < 1.29 is 29.1 Å². The Bertz CT molecular complexity index is 191. The molecular weight excluding hydrogens is 201 g/mol. The van der Waals surface area contributed by atoms with E-state index in [2.05, 4.69) is 0 Å². The average molecular weight is 215 g/mol. The van der Waals surface area contributed by atoms with Gasteiger partial charge < -0.3 is 25.5 Å². The van der Waals surface area contributed by atoms with Crippen LogP contribution in [-0.4, -0.2) is 31.8 Å². The molecule has 0 spiro atoms. The zero-order chi connectivity index (χ0) is 11.2. The first kappa shape index (κ1) is 15.0. The summed E-state index contributed by atoms with van der Waals surface area (Å²) in [6.45, 7) is 3.55. The molecule has 0 fully saturated rings. The third-order valence-electron chi connectivity index (χ3n) is 1.00. The summed E-state index contributed by atoms with van der Waals surface area (Å²) in [4.78, 5) is 31.6. The molecule has 0 aliphatic rings. The monoisotopic (exact) mass is 215 g/mol. The van der Waals surface area contributed by atoms with E-state index in [9.17, 15) is 4.79 Å². The van der Waals surface area contributed by atoms with Gasteiger partial charge in [0.15, 0.2) is 0 Å². The van der Waals surface area contributed by atoms with Gasteiger partial charge in [0.1, 0.15) is 6.04 Å². The van der Waals surface area contributed by atoms with Crippen LogP contribution in [0.5, 0.6) is 0 Å². The number of carboxylic acid groups (broad SMARTS) is 1. The van der Waals surface area contributed by atoms with Crippen LogP contribution in [0.3, 0.4) is 0 Å². The molecule has 7 nitrogen and oxygen atoms in total. The van der Waals surface area contributed by atoms with E-state index in [-0.39, 0.29) is 5.92 Å². The van der Waals surface area contributed by atoms with Crippen molar-refractivity contribution in [3.05, 3.63) is 0 Å². The van der Waals surface area contributed by atoms with Crippen LogP contribution in [0.25, 0.3) is 0 Å². The Morgan fingerprint density at radius 1 is 1.31 bits per heavy atom. The number of hydrogen-bond acceptors (Lipinski definition) is 3. The van der Waals surface area contributed by atoms with Crippen molar-refractivity contribution in [1.29, 1.82) is 0 Å². The smallest absolute Gasteiger partial charge is 0.466 e. The van der Waals surface area contributed by atoms with Gasteiger partial charge in [-0.3, -0.25) is 4.79 Å². The van der Waals surface area contributed by atoms with Crippen LogP contribution >= 0.6 is 7.82 Å². The van der Waals surface area contributed by atoms with E-state index in [1.807, 2.05) is 0 Å². The number of hydrogen-bond donors (Lipinski definition) is 5. The molecule has 1 atom stereocenters. The lowest BCUT2D eigenvalue weighted by Crippen LogP contribution is -2.34. The van der Waals surface area contributed by atoms with Gasteiger partial charge in [0.25, 0.3) is 0 Å². The second kappa shape index (κ2) is 6.06. The second-order valence-corrected chi connectivity index (χ2v) is 3.65. The summed E-state index contributed by atoms with van der Waals surface area (Å²) >= 11 is 0. The summed E-state index contributed by atoms with van der Waals surface area (Å²) in [6.07, 6.45) is 0. The minimum Gasteiger partial charge on any atom is -0.480 e. The van der Waals surface area contributed by atoms with E-state index in [4.69, 9.17) is 30.1 Å². The molecule has 0 radical (unpaired) electrons. The molecule has 0 aromatic rings. The van der Waals surface area contributed by atoms with Crippen LogP contribution < -0.4 is 5.73 Å². The summed E-state index contributed by atoms with van der Waals surface area (Å²) in [7, 11) is -4.64. The highest BCUT2D eigenvalue weighted by molar-refractivity contribution is 7.45. The predicted octanol–water partition coefficient (Wildman–Crippen LogP) is -0.874. The van der Waals surface area contributed by atoms with E-state index in [1.54, 1.807) is 13.8 Å². The Hall–Kier alpha value is -0.460. The third kappa shape index (κ3) is 18.5. The molecule has 0 heterocycles. The van der Waals surface area contributed by atoms with E-state index < -0.39 is 19.8 Å². The highest BCUT2D eigenvalue weighted by Gasteiger charge is 2.14. The molecule has 0 rings (SSSR count). The summed E-state index contributed by atoms with van der Waals surface area (Å²) in [5.41, 5.74) is 5.16. The van der Waals surface area contributed by atoms with Crippen molar-refractivity contribution in [3.63, 3.8) is 0 Å². The number of rotatable bonds is 2. The lowest BCUT2D eigenvalue weighted by Gasteiger charge is -2.07. The van der Waals surface area contributed by atoms with Crippen molar-refractivity contribution in [3.8, 4) is 0 Å². The maximum Gasteiger partial charge on any atom is 0.466 e. The third-order valence-corrected chi connectivity index (χ3v) is 1.00. The lowest BCUT2D eigenvalue weighted by atomic mass is 10.1. The van der Waals surface area contributed by atoms with Gasteiger partial charge in [0.05, 0.1) is 0 Å². The van der Waals surface area contributed by atoms with Crippen LogP contribution in [-0.2, 0) is 9.36 Å². The Balaban J connectivity index is 0. The first-order valence-electron chi connectivity index (χ1n) is 3.32. The largest absolute Gasteiger partial charge is 0.480 e. The maximum absolute atomic E-state index is 10.0. The van der Waals surface area contributed by atoms with Gasteiger partial charge in [-0.25, -0.2) is 4.57 Å². The van der Waals surface area contributed by atoms with Gasteiger partial charge in [0.2, 0.25) is 0 Å². The first-order chi connectivity index (χ1) is 5.55. The van der Waals surface area contributed by atoms with Crippen molar-refractivity contribution in [2.45, 2.75) is 19.9 Å². The summed E-state index contributed by atoms with van der Waals surface area (Å²) < 4.78 is 8.88. The zero-order valence-electron chi connectivity index (χ0n) is 7.28. The van der Waals surface area contributed by atoms with E-state index in [0.29, 0.717) is 0 Å². The molecule has 6 N–H and O–H groups in total. The van der Waals surface area contributed by atoms with E-state index >= 15 is 0 Å². The molecule has 0 aromatic carbocycles. The number of nitrogens with two attached hydrogens (primary N) is 1. The number of carbonyl (C=O) groups is 1. The molecule has 0 bridgehead atoms. The first-order valence-corrected chi connectivity index (χ1v) is 4.89. The van der Waals surface area contributed by atoms with Crippen molar-refractivity contribution in [2.24, 2.45) is 11.7 Å². The van der Waals surface area contributed by atoms with Crippen LogP contribution in [0.4, 0.5) is 0 Å². The SMILES string of the molecule is CC(C)C(N)C(=O)O.O=P(O)(O)O. The molecule has 0 saturated heterocycles. The summed E-state index contributed by atoms with van der Waals surface area (Å²) in [5, 5.41) is 8.23. The normalized spacial score (nSPS) is 13.2. The maximum atomic E-state index is 10.0. The molecule has 0 amide bonds. The molecule has 0 aromatic heterocycles. The zero-order valence-corrected chi connectivity index (χ0v) is 8.18. The van der Waals surface area contributed by atoms with Crippen LogP contribution in [0.2, 0.25) is 0 Å². The van der Waals surface area contributed by atoms with E-state index in [1.165, 1.54) is 0 Å². The standard InChI is InChI=1S/C5H11NO2.H3O4P/c1-3(2)4(6)5(7)8;1-5(2,3)4/h3-4H,6H2,1-2H3,(H,7,8);(H3,1,2,3,4). The fourth-order valence-electron chi connectivity index (χ4n) is 0.285. The molecule has 8 heteroatoms. The fourth-order valence-corrected chi connectivity index (χ4v) is 0.285. The fraction of sp³-hybridized carbons (Fsp3) is 0.800. The van der Waals surface area contributed by atoms with Crippen molar-refractivity contribution >= 4 is 13.8 Å². The van der Waals surface area contributed by atoms with Crippen LogP contribution in [0, 0.1) is 5.92 Å². The molecule has 80 valence electrons. The minimum absolute atomic E-state index is 0.0208. The van der Waals surface area contributed by atoms with Gasteiger partial charge >= 0.3 is 13.8 Å². The van der Waals surface area contributed by atoms with Crippen LogP contribution in [0.15, 0.2) is 0 Å². The lowest BCUT2D eigenvalue weighted by molar-refractivity contribution is -0.139. The molecule has 0 aliphatic carbocycles. The van der Waals surface area contributed by atoms with Crippen molar-refractivity contribution in [1.82, 2.24) is 0 Å². The predicted molar refractivity (Wildman–Crippen MR) is 44.7 cm³/mol. The quantitative estimate of drug-likeness (QED) is 0.377. The highest BCUT2D eigenvalue weighted by atomic mass is 31.2. The molecular formula is C5H14NO6P. The number of carboxylic acids is 1. The number of phosphoric acid groups is 1. The van der Waals surface area contributed by atoms with E-state index in [0.717, 1.165) is 0 Å². The Labute approximate surface area is 75.4 Å². The number of aliphatic carboxylic acids is 1.